The largest absolute Gasteiger partial charge is 0.328 e. The van der Waals surface area contributed by atoms with Gasteiger partial charge in [0.2, 0.25) is 0 Å². The molecule has 110 valence electrons. The molecule has 0 radical (unpaired) electrons. The van der Waals surface area contributed by atoms with E-state index in [1.807, 2.05) is 0 Å². The molecule has 1 heterocycles. The van der Waals surface area contributed by atoms with Crippen molar-refractivity contribution in [3.63, 3.8) is 0 Å². The molecule has 0 fully saturated rings. The summed E-state index contributed by atoms with van der Waals surface area (Å²) in [6, 6.07) is 0.0523. The molecular formula is C16H24N2O2. The summed E-state index contributed by atoms with van der Waals surface area (Å²) in [5, 5.41) is 0. The summed E-state index contributed by atoms with van der Waals surface area (Å²) in [5.74, 6) is 1.82. The molecule has 0 saturated carbocycles. The van der Waals surface area contributed by atoms with E-state index in [4.69, 9.17) is 0 Å². The summed E-state index contributed by atoms with van der Waals surface area (Å²) >= 11 is 0. The first-order valence-electron chi connectivity index (χ1n) is 7.39. The molecule has 0 spiro atoms. The molecule has 4 nitrogen and oxygen atoms in total. The Morgan fingerprint density at radius 1 is 1.35 bits per heavy atom. The normalized spacial score (nSPS) is 26.1. The molecule has 3 unspecified atom stereocenters. The standard InChI is InChI=1S/C16H24N2O2/c1-10(2)7-13-5-6-14(8-11(13)3)18-9-12(4)15(19)17-16(18)20/h5-6,9-11,13-14H,7-8H2,1-4H3,(H,17,19,20). The molecule has 0 amide bonds. The molecule has 1 aliphatic carbocycles. The third kappa shape index (κ3) is 3.11. The second-order valence-electron chi connectivity index (χ2n) is 6.44. The molecule has 1 aromatic heterocycles. The van der Waals surface area contributed by atoms with Gasteiger partial charge in [-0.1, -0.05) is 32.9 Å². The Hall–Kier alpha value is -1.58. The maximum absolute atomic E-state index is 11.9. The van der Waals surface area contributed by atoms with Crippen LogP contribution >= 0.6 is 0 Å². The fourth-order valence-electron chi connectivity index (χ4n) is 2.99. The van der Waals surface area contributed by atoms with Crippen LogP contribution in [0.2, 0.25) is 0 Å². The van der Waals surface area contributed by atoms with Crippen molar-refractivity contribution in [3.8, 4) is 0 Å². The Labute approximate surface area is 119 Å². The van der Waals surface area contributed by atoms with Crippen LogP contribution in [0.25, 0.3) is 0 Å². The van der Waals surface area contributed by atoms with E-state index in [1.165, 1.54) is 6.42 Å². The number of hydrogen-bond donors (Lipinski definition) is 1. The van der Waals surface area contributed by atoms with Gasteiger partial charge in [0.15, 0.2) is 0 Å². The second-order valence-corrected chi connectivity index (χ2v) is 6.44. The quantitative estimate of drug-likeness (QED) is 0.863. The molecule has 20 heavy (non-hydrogen) atoms. The van der Waals surface area contributed by atoms with Crippen molar-refractivity contribution >= 4 is 0 Å². The number of rotatable bonds is 3. The van der Waals surface area contributed by atoms with Gasteiger partial charge < -0.3 is 0 Å². The van der Waals surface area contributed by atoms with Gasteiger partial charge in [0.1, 0.15) is 0 Å². The average molecular weight is 276 g/mol. The van der Waals surface area contributed by atoms with Crippen molar-refractivity contribution in [2.75, 3.05) is 0 Å². The summed E-state index contributed by atoms with van der Waals surface area (Å²) in [5.41, 5.74) is -0.0310. The van der Waals surface area contributed by atoms with Crippen molar-refractivity contribution in [1.82, 2.24) is 9.55 Å². The van der Waals surface area contributed by atoms with Crippen LogP contribution in [0, 0.1) is 24.7 Å². The maximum atomic E-state index is 11.9. The highest BCUT2D eigenvalue weighted by molar-refractivity contribution is 5.08. The number of aryl methyl sites for hydroxylation is 1. The van der Waals surface area contributed by atoms with Crippen LogP contribution in [0.4, 0.5) is 0 Å². The van der Waals surface area contributed by atoms with E-state index in [1.54, 1.807) is 17.7 Å². The molecule has 0 aliphatic heterocycles. The highest BCUT2D eigenvalue weighted by atomic mass is 16.2. The molecule has 1 aliphatic rings. The van der Waals surface area contributed by atoms with E-state index < -0.39 is 0 Å². The smallest absolute Gasteiger partial charge is 0.293 e. The van der Waals surface area contributed by atoms with E-state index >= 15 is 0 Å². The minimum atomic E-state index is -0.315. The molecule has 1 aromatic rings. The first-order chi connectivity index (χ1) is 9.38. The van der Waals surface area contributed by atoms with Crippen molar-refractivity contribution in [3.05, 3.63) is 44.8 Å². The lowest BCUT2D eigenvalue weighted by atomic mass is 9.79. The van der Waals surface area contributed by atoms with E-state index in [-0.39, 0.29) is 17.3 Å². The number of aromatic nitrogens is 2. The van der Waals surface area contributed by atoms with E-state index in [9.17, 15) is 9.59 Å². The molecule has 0 saturated heterocycles. The summed E-state index contributed by atoms with van der Waals surface area (Å²) in [7, 11) is 0. The van der Waals surface area contributed by atoms with Crippen LogP contribution in [0.15, 0.2) is 27.9 Å². The van der Waals surface area contributed by atoms with E-state index in [0.29, 0.717) is 23.3 Å². The Balaban J connectivity index is 2.26. The van der Waals surface area contributed by atoms with Gasteiger partial charge in [0.25, 0.3) is 5.56 Å². The lowest BCUT2D eigenvalue weighted by Gasteiger charge is -2.31. The Morgan fingerprint density at radius 2 is 2.05 bits per heavy atom. The molecular weight excluding hydrogens is 252 g/mol. The average Bonchev–Trinajstić information content (AvgIpc) is 2.36. The van der Waals surface area contributed by atoms with Crippen molar-refractivity contribution in [2.45, 2.75) is 46.6 Å². The minimum Gasteiger partial charge on any atom is -0.293 e. The summed E-state index contributed by atoms with van der Waals surface area (Å²) in [6.45, 7) is 8.45. The molecule has 1 N–H and O–H groups in total. The van der Waals surface area contributed by atoms with Crippen LogP contribution in [-0.2, 0) is 0 Å². The summed E-state index contributed by atoms with van der Waals surface area (Å²) < 4.78 is 1.65. The van der Waals surface area contributed by atoms with Gasteiger partial charge in [-0.3, -0.25) is 14.3 Å². The zero-order valence-corrected chi connectivity index (χ0v) is 12.7. The highest BCUT2D eigenvalue weighted by Gasteiger charge is 2.25. The predicted molar refractivity (Wildman–Crippen MR) is 81.0 cm³/mol. The van der Waals surface area contributed by atoms with Gasteiger partial charge >= 0.3 is 5.69 Å². The van der Waals surface area contributed by atoms with Gasteiger partial charge in [-0.15, -0.1) is 0 Å². The minimum absolute atomic E-state index is 0.0523. The number of allylic oxidation sites excluding steroid dienone is 2. The third-order valence-electron chi connectivity index (χ3n) is 4.17. The van der Waals surface area contributed by atoms with Gasteiger partial charge in [0, 0.05) is 11.8 Å². The van der Waals surface area contributed by atoms with Crippen molar-refractivity contribution in [2.24, 2.45) is 17.8 Å². The van der Waals surface area contributed by atoms with Gasteiger partial charge in [-0.2, -0.15) is 0 Å². The van der Waals surface area contributed by atoms with Crippen LogP contribution in [0.3, 0.4) is 0 Å². The highest BCUT2D eigenvalue weighted by Crippen LogP contribution is 2.33. The second kappa shape index (κ2) is 5.81. The van der Waals surface area contributed by atoms with E-state index in [2.05, 4.69) is 37.9 Å². The fraction of sp³-hybridized carbons (Fsp3) is 0.625. The van der Waals surface area contributed by atoms with Gasteiger partial charge in [-0.05, 0) is 37.5 Å². The Bertz CT molecular complexity index is 610. The summed E-state index contributed by atoms with van der Waals surface area (Å²) in [4.78, 5) is 25.7. The van der Waals surface area contributed by atoms with Gasteiger partial charge in [-0.25, -0.2) is 4.79 Å². The topological polar surface area (TPSA) is 54.9 Å². The molecule has 0 bridgehead atoms. The van der Waals surface area contributed by atoms with Crippen molar-refractivity contribution < 1.29 is 0 Å². The lowest BCUT2D eigenvalue weighted by molar-refractivity contribution is 0.290. The lowest BCUT2D eigenvalue weighted by Crippen LogP contribution is -2.34. The first-order valence-corrected chi connectivity index (χ1v) is 7.39. The predicted octanol–water partition coefficient (Wildman–Crippen LogP) is 2.64. The summed E-state index contributed by atoms with van der Waals surface area (Å²) in [6.07, 6.45) is 8.16. The molecule has 2 rings (SSSR count). The fourth-order valence-corrected chi connectivity index (χ4v) is 2.99. The first kappa shape index (κ1) is 14.8. The SMILES string of the molecule is Cc1cn(C2C=CC(CC(C)C)C(C)C2)c(=O)[nH]c1=O. The monoisotopic (exact) mass is 276 g/mol. The number of nitrogens with one attached hydrogen (secondary N) is 1. The van der Waals surface area contributed by atoms with Crippen LogP contribution in [0.5, 0.6) is 0 Å². The number of nitrogens with zero attached hydrogens (tertiary/aromatic N) is 1. The zero-order chi connectivity index (χ0) is 14.9. The third-order valence-corrected chi connectivity index (χ3v) is 4.17. The van der Waals surface area contributed by atoms with Crippen LogP contribution in [0.1, 0.15) is 45.2 Å². The number of aromatic amines is 1. The molecule has 0 aromatic carbocycles. The Kier molecular flexibility index (Phi) is 4.31. The zero-order valence-electron chi connectivity index (χ0n) is 12.7. The maximum Gasteiger partial charge on any atom is 0.328 e. The van der Waals surface area contributed by atoms with Crippen molar-refractivity contribution in [1.29, 1.82) is 0 Å². The number of hydrogen-bond acceptors (Lipinski definition) is 2. The van der Waals surface area contributed by atoms with Crippen LogP contribution < -0.4 is 11.2 Å². The van der Waals surface area contributed by atoms with Gasteiger partial charge in [0.05, 0.1) is 6.04 Å². The molecule has 3 atom stereocenters. The number of H-pyrrole nitrogens is 1. The Morgan fingerprint density at radius 3 is 2.65 bits per heavy atom. The van der Waals surface area contributed by atoms with E-state index in [0.717, 1.165) is 6.42 Å². The molecule has 4 heteroatoms. The van der Waals surface area contributed by atoms with Crippen LogP contribution in [-0.4, -0.2) is 9.55 Å².